The number of thioether (sulfide) groups is 1. The minimum absolute atomic E-state index is 0.262. The Kier molecular flexibility index (Phi) is 5.04. The lowest BCUT2D eigenvalue weighted by Gasteiger charge is -2.16. The summed E-state index contributed by atoms with van der Waals surface area (Å²) in [5.74, 6) is -0.189. The van der Waals surface area contributed by atoms with Crippen molar-refractivity contribution in [3.63, 3.8) is 0 Å². The second kappa shape index (κ2) is 5.89. The van der Waals surface area contributed by atoms with Gasteiger partial charge in [0.15, 0.2) is 0 Å². The second-order valence-corrected chi connectivity index (χ2v) is 6.38. The van der Waals surface area contributed by atoms with Gasteiger partial charge in [-0.15, -0.1) is 11.8 Å². The Labute approximate surface area is 113 Å². The van der Waals surface area contributed by atoms with Crippen LogP contribution in [-0.4, -0.2) is 27.5 Å². The zero-order valence-electron chi connectivity index (χ0n) is 9.74. The number of aliphatic hydroxyl groups is 1. The fourth-order valence-electron chi connectivity index (χ4n) is 1.18. The van der Waals surface area contributed by atoms with Crippen LogP contribution < -0.4 is 0 Å². The number of hydrogen-bond donors (Lipinski definition) is 2. The third kappa shape index (κ3) is 5.10. The van der Waals surface area contributed by atoms with E-state index in [1.54, 1.807) is 37.7 Å². The van der Waals surface area contributed by atoms with Crippen LogP contribution in [0.25, 0.3) is 0 Å². The van der Waals surface area contributed by atoms with Crippen LogP contribution in [0.2, 0.25) is 0 Å². The quantitative estimate of drug-likeness (QED) is 0.817. The predicted octanol–water partition coefficient (Wildman–Crippen LogP) is 3.40. The first-order valence-corrected chi connectivity index (χ1v) is 6.95. The zero-order chi connectivity index (χ0) is 13.1. The fourth-order valence-corrected chi connectivity index (χ4v) is 2.80. The Morgan fingerprint density at radius 1 is 1.47 bits per heavy atom. The summed E-state index contributed by atoms with van der Waals surface area (Å²) in [4.78, 5) is 11.8. The van der Waals surface area contributed by atoms with Crippen molar-refractivity contribution in [1.82, 2.24) is 0 Å². The average molecular weight is 319 g/mol. The molecule has 0 unspecified atom stereocenters. The Balaban J connectivity index is 2.67. The Bertz CT molecular complexity index is 413. The van der Waals surface area contributed by atoms with E-state index in [0.717, 1.165) is 10.6 Å². The number of carbonyl (C=O) groups is 1. The Morgan fingerprint density at radius 3 is 2.65 bits per heavy atom. The van der Waals surface area contributed by atoms with Crippen molar-refractivity contribution < 1.29 is 15.0 Å². The van der Waals surface area contributed by atoms with Gasteiger partial charge >= 0.3 is 5.97 Å². The highest BCUT2D eigenvalue weighted by Crippen LogP contribution is 2.26. The molecule has 0 saturated carbocycles. The summed E-state index contributed by atoms with van der Waals surface area (Å²) >= 11 is 4.74. The van der Waals surface area contributed by atoms with Gasteiger partial charge in [0.25, 0.3) is 0 Å². The summed E-state index contributed by atoms with van der Waals surface area (Å²) in [6.45, 7) is 3.52. The summed E-state index contributed by atoms with van der Waals surface area (Å²) in [6.07, 6.45) is 0.663. The molecule has 0 aliphatic carbocycles. The van der Waals surface area contributed by atoms with Gasteiger partial charge in [0.05, 0.1) is 11.2 Å². The van der Waals surface area contributed by atoms with Crippen LogP contribution in [0.15, 0.2) is 27.6 Å². The molecule has 94 valence electrons. The van der Waals surface area contributed by atoms with E-state index in [-0.39, 0.29) is 5.56 Å². The van der Waals surface area contributed by atoms with E-state index in [9.17, 15) is 9.90 Å². The van der Waals surface area contributed by atoms with E-state index < -0.39 is 11.6 Å². The SMILES string of the molecule is CC(C)(O)CCSc1ccc(Br)c(C(=O)O)c1. The van der Waals surface area contributed by atoms with Gasteiger partial charge in [-0.3, -0.25) is 0 Å². The first kappa shape index (κ1) is 14.5. The number of aromatic carboxylic acids is 1. The molecule has 0 amide bonds. The Morgan fingerprint density at radius 2 is 2.12 bits per heavy atom. The molecular weight excluding hydrogens is 304 g/mol. The van der Waals surface area contributed by atoms with Gasteiger partial charge in [-0.2, -0.15) is 0 Å². The van der Waals surface area contributed by atoms with Crippen LogP contribution >= 0.6 is 27.7 Å². The molecule has 3 nitrogen and oxygen atoms in total. The van der Waals surface area contributed by atoms with E-state index in [4.69, 9.17) is 5.11 Å². The molecule has 0 atom stereocenters. The van der Waals surface area contributed by atoms with Crippen LogP contribution in [-0.2, 0) is 0 Å². The van der Waals surface area contributed by atoms with Crippen molar-refractivity contribution in [2.24, 2.45) is 0 Å². The lowest BCUT2D eigenvalue weighted by Crippen LogP contribution is -2.19. The molecule has 0 aliphatic rings. The topological polar surface area (TPSA) is 57.5 Å². The van der Waals surface area contributed by atoms with E-state index in [1.807, 2.05) is 6.07 Å². The third-order valence-electron chi connectivity index (χ3n) is 2.15. The van der Waals surface area contributed by atoms with Crippen LogP contribution in [0.1, 0.15) is 30.6 Å². The molecule has 5 heteroatoms. The molecule has 0 heterocycles. The lowest BCUT2D eigenvalue weighted by atomic mass is 10.1. The molecule has 0 spiro atoms. The number of halogens is 1. The van der Waals surface area contributed by atoms with Crippen LogP contribution in [0, 0.1) is 0 Å². The van der Waals surface area contributed by atoms with E-state index >= 15 is 0 Å². The first-order valence-electron chi connectivity index (χ1n) is 5.17. The highest BCUT2D eigenvalue weighted by atomic mass is 79.9. The smallest absolute Gasteiger partial charge is 0.336 e. The maximum Gasteiger partial charge on any atom is 0.336 e. The maximum absolute atomic E-state index is 10.9. The molecule has 0 aromatic heterocycles. The van der Waals surface area contributed by atoms with Crippen LogP contribution in [0.3, 0.4) is 0 Å². The minimum atomic E-state index is -0.943. The van der Waals surface area contributed by atoms with Gasteiger partial charge < -0.3 is 10.2 Å². The second-order valence-electron chi connectivity index (χ2n) is 4.36. The molecule has 1 aromatic carbocycles. The van der Waals surface area contributed by atoms with Gasteiger partial charge in [0.1, 0.15) is 0 Å². The molecule has 17 heavy (non-hydrogen) atoms. The standard InChI is InChI=1S/C12H15BrO3S/c1-12(2,16)5-6-17-8-3-4-10(13)9(7-8)11(14)15/h3-4,7,16H,5-6H2,1-2H3,(H,14,15). The van der Waals surface area contributed by atoms with Gasteiger partial charge in [-0.1, -0.05) is 0 Å². The molecule has 0 aliphatic heterocycles. The van der Waals surface area contributed by atoms with Gasteiger partial charge in [0.2, 0.25) is 0 Å². The van der Waals surface area contributed by atoms with E-state index in [1.165, 1.54) is 0 Å². The van der Waals surface area contributed by atoms with Crippen molar-refractivity contribution >= 4 is 33.7 Å². The van der Waals surface area contributed by atoms with Crippen LogP contribution in [0.4, 0.5) is 0 Å². The van der Waals surface area contributed by atoms with Crippen molar-refractivity contribution in [2.45, 2.75) is 30.8 Å². The third-order valence-corrected chi connectivity index (χ3v) is 3.84. The van der Waals surface area contributed by atoms with Crippen molar-refractivity contribution in [2.75, 3.05) is 5.75 Å². The summed E-state index contributed by atoms with van der Waals surface area (Å²) in [5.41, 5.74) is -0.420. The summed E-state index contributed by atoms with van der Waals surface area (Å²) < 4.78 is 0.580. The summed E-state index contributed by atoms with van der Waals surface area (Å²) in [5, 5.41) is 18.5. The average Bonchev–Trinajstić information content (AvgIpc) is 2.18. The van der Waals surface area contributed by atoms with Crippen molar-refractivity contribution in [1.29, 1.82) is 0 Å². The Hall–Kier alpha value is -0.520. The minimum Gasteiger partial charge on any atom is -0.478 e. The van der Waals surface area contributed by atoms with Gasteiger partial charge in [0, 0.05) is 15.1 Å². The predicted molar refractivity (Wildman–Crippen MR) is 72.7 cm³/mol. The highest BCUT2D eigenvalue weighted by Gasteiger charge is 2.13. The van der Waals surface area contributed by atoms with Crippen LogP contribution in [0.5, 0.6) is 0 Å². The molecule has 2 N–H and O–H groups in total. The molecule has 0 fully saturated rings. The molecule has 1 rings (SSSR count). The maximum atomic E-state index is 10.9. The summed E-state index contributed by atoms with van der Waals surface area (Å²) in [6, 6.07) is 5.24. The number of benzene rings is 1. The molecule has 1 aromatic rings. The molecule has 0 bridgehead atoms. The van der Waals surface area contributed by atoms with Gasteiger partial charge in [-0.25, -0.2) is 4.79 Å². The molecule has 0 saturated heterocycles. The zero-order valence-corrected chi connectivity index (χ0v) is 12.1. The number of carboxylic acid groups (broad SMARTS) is 1. The van der Waals surface area contributed by atoms with E-state index in [2.05, 4.69) is 15.9 Å². The van der Waals surface area contributed by atoms with E-state index in [0.29, 0.717) is 10.9 Å². The highest BCUT2D eigenvalue weighted by molar-refractivity contribution is 9.10. The van der Waals surface area contributed by atoms with Gasteiger partial charge in [-0.05, 0) is 54.4 Å². The fraction of sp³-hybridized carbons (Fsp3) is 0.417. The molecular formula is C12H15BrO3S. The number of carboxylic acids is 1. The first-order chi connectivity index (χ1) is 7.79. The van der Waals surface area contributed by atoms with Crippen molar-refractivity contribution in [3.8, 4) is 0 Å². The molecule has 0 radical (unpaired) electrons. The normalized spacial score (nSPS) is 11.5. The largest absolute Gasteiger partial charge is 0.478 e. The summed E-state index contributed by atoms with van der Waals surface area (Å²) in [7, 11) is 0. The number of rotatable bonds is 5. The monoisotopic (exact) mass is 318 g/mol. The number of hydrogen-bond acceptors (Lipinski definition) is 3. The lowest BCUT2D eigenvalue weighted by molar-refractivity contribution is 0.0694. The van der Waals surface area contributed by atoms with Crippen molar-refractivity contribution in [3.05, 3.63) is 28.2 Å².